The quantitative estimate of drug-likeness (QED) is 0.331. The van der Waals surface area contributed by atoms with Crippen LogP contribution in [0.1, 0.15) is 21.5 Å². The third kappa shape index (κ3) is 6.03. The molecule has 0 saturated carbocycles. The summed E-state index contributed by atoms with van der Waals surface area (Å²) in [5.41, 5.74) is 5.81. The number of benzene rings is 4. The molecule has 5 heteroatoms. The monoisotopic (exact) mass is 452 g/mol. The van der Waals surface area contributed by atoms with Gasteiger partial charge in [0.2, 0.25) is 0 Å². The van der Waals surface area contributed by atoms with Gasteiger partial charge in [0.05, 0.1) is 14.2 Å². The maximum absolute atomic E-state index is 12.6. The highest BCUT2D eigenvalue weighted by atomic mass is 16.5. The summed E-state index contributed by atoms with van der Waals surface area (Å²) in [6, 6.07) is 31.4. The van der Waals surface area contributed by atoms with Gasteiger partial charge in [0.1, 0.15) is 11.5 Å². The molecule has 2 N–H and O–H groups in total. The normalized spacial score (nSPS) is 10.5. The molecule has 0 heterocycles. The Morgan fingerprint density at radius 2 is 1.26 bits per heavy atom. The van der Waals surface area contributed by atoms with E-state index in [2.05, 4.69) is 22.8 Å². The number of carbonyl (C=O) groups is 1. The molecule has 0 aromatic heterocycles. The molecule has 5 nitrogen and oxygen atoms in total. The third-order valence-electron chi connectivity index (χ3n) is 5.54. The first-order valence-electron chi connectivity index (χ1n) is 11.1. The molecular weight excluding hydrogens is 424 g/mol. The molecule has 0 unspecified atom stereocenters. The zero-order chi connectivity index (χ0) is 23.8. The van der Waals surface area contributed by atoms with Crippen molar-refractivity contribution in [3.8, 4) is 22.6 Å². The van der Waals surface area contributed by atoms with Gasteiger partial charge in [0.25, 0.3) is 5.91 Å². The summed E-state index contributed by atoms with van der Waals surface area (Å²) in [4.78, 5) is 12.6. The van der Waals surface area contributed by atoms with Gasteiger partial charge in [0.15, 0.2) is 0 Å². The van der Waals surface area contributed by atoms with Gasteiger partial charge in [-0.1, -0.05) is 54.6 Å². The average molecular weight is 453 g/mol. The topological polar surface area (TPSA) is 59.6 Å². The molecule has 0 spiro atoms. The minimum Gasteiger partial charge on any atom is -0.497 e. The molecule has 0 aliphatic heterocycles. The Kier molecular flexibility index (Phi) is 7.58. The van der Waals surface area contributed by atoms with Gasteiger partial charge in [-0.05, 0) is 58.7 Å². The summed E-state index contributed by atoms with van der Waals surface area (Å²) in [7, 11) is 3.29. The van der Waals surface area contributed by atoms with E-state index in [1.807, 2.05) is 84.9 Å². The van der Waals surface area contributed by atoms with Crippen LogP contribution < -0.4 is 20.1 Å². The molecule has 4 aromatic carbocycles. The van der Waals surface area contributed by atoms with Crippen molar-refractivity contribution in [2.24, 2.45) is 0 Å². The largest absolute Gasteiger partial charge is 0.497 e. The summed E-state index contributed by atoms with van der Waals surface area (Å²) in [6.07, 6.45) is 0. The molecule has 172 valence electrons. The first kappa shape index (κ1) is 23.1. The van der Waals surface area contributed by atoms with Crippen molar-refractivity contribution in [2.75, 3.05) is 19.5 Å². The number of ether oxygens (including phenoxy) is 2. The number of rotatable bonds is 9. The SMILES string of the molecule is COc1cc(CNCc2ccc(NC(=O)c3ccc(-c4ccccc4)cc3)cc2)cc(OC)c1. The third-order valence-corrected chi connectivity index (χ3v) is 5.54. The summed E-state index contributed by atoms with van der Waals surface area (Å²) in [5, 5.41) is 6.39. The molecular formula is C29H28N2O3. The molecule has 4 aromatic rings. The van der Waals surface area contributed by atoms with Gasteiger partial charge in [-0.15, -0.1) is 0 Å². The summed E-state index contributed by atoms with van der Waals surface area (Å²) in [5.74, 6) is 1.41. The smallest absolute Gasteiger partial charge is 0.255 e. The van der Waals surface area contributed by atoms with Crippen molar-refractivity contribution >= 4 is 11.6 Å². The van der Waals surface area contributed by atoms with Crippen molar-refractivity contribution in [1.29, 1.82) is 0 Å². The lowest BCUT2D eigenvalue weighted by Gasteiger charge is -2.10. The zero-order valence-corrected chi connectivity index (χ0v) is 19.4. The number of nitrogens with one attached hydrogen (secondary N) is 2. The molecule has 0 fully saturated rings. The lowest BCUT2D eigenvalue weighted by molar-refractivity contribution is 0.102. The van der Waals surface area contributed by atoms with Crippen LogP contribution in [0.4, 0.5) is 5.69 Å². The summed E-state index contributed by atoms with van der Waals surface area (Å²) in [6.45, 7) is 1.39. The van der Waals surface area contributed by atoms with Crippen molar-refractivity contribution in [3.05, 3.63) is 114 Å². The maximum Gasteiger partial charge on any atom is 0.255 e. The fourth-order valence-corrected chi connectivity index (χ4v) is 3.67. The van der Waals surface area contributed by atoms with Crippen LogP contribution in [-0.4, -0.2) is 20.1 Å². The highest BCUT2D eigenvalue weighted by molar-refractivity contribution is 6.04. The number of anilines is 1. The number of hydrogen-bond acceptors (Lipinski definition) is 4. The Morgan fingerprint density at radius 3 is 1.88 bits per heavy atom. The standard InChI is InChI=1S/C29H28N2O3/c1-33-27-16-22(17-28(18-27)34-2)20-30-19-21-8-14-26(15-9-21)31-29(32)25-12-10-24(11-13-25)23-6-4-3-5-7-23/h3-18,30H,19-20H2,1-2H3,(H,31,32). The Hall–Kier alpha value is -4.09. The van der Waals surface area contributed by atoms with Gasteiger partial charge in [0, 0.05) is 30.4 Å². The first-order chi connectivity index (χ1) is 16.6. The Bertz CT molecular complexity index is 1200. The minimum atomic E-state index is -0.127. The molecule has 0 bridgehead atoms. The van der Waals surface area contributed by atoms with E-state index < -0.39 is 0 Å². The number of methoxy groups -OCH3 is 2. The number of hydrogen-bond donors (Lipinski definition) is 2. The van der Waals surface area contributed by atoms with Crippen LogP contribution in [0.15, 0.2) is 97.1 Å². The van der Waals surface area contributed by atoms with Crippen LogP contribution in [0.2, 0.25) is 0 Å². The van der Waals surface area contributed by atoms with Crippen LogP contribution in [0.25, 0.3) is 11.1 Å². The Balaban J connectivity index is 1.30. The average Bonchev–Trinajstić information content (AvgIpc) is 2.90. The Labute approximate surface area is 200 Å². The molecule has 0 aliphatic rings. The molecule has 0 radical (unpaired) electrons. The molecule has 4 rings (SSSR count). The maximum atomic E-state index is 12.6. The molecule has 1 amide bonds. The van der Waals surface area contributed by atoms with Gasteiger partial charge in [-0.2, -0.15) is 0 Å². The van der Waals surface area contributed by atoms with Gasteiger partial charge in [-0.25, -0.2) is 0 Å². The second-order valence-corrected chi connectivity index (χ2v) is 7.92. The van der Waals surface area contributed by atoms with Crippen LogP contribution in [0.5, 0.6) is 11.5 Å². The van der Waals surface area contributed by atoms with E-state index in [1.54, 1.807) is 14.2 Å². The molecule has 34 heavy (non-hydrogen) atoms. The van der Waals surface area contributed by atoms with E-state index in [1.165, 1.54) is 0 Å². The highest BCUT2D eigenvalue weighted by Gasteiger charge is 2.07. The summed E-state index contributed by atoms with van der Waals surface area (Å²) >= 11 is 0. The fraction of sp³-hybridized carbons (Fsp3) is 0.138. The highest BCUT2D eigenvalue weighted by Crippen LogP contribution is 2.23. The van der Waals surface area contributed by atoms with E-state index in [0.29, 0.717) is 18.7 Å². The molecule has 0 saturated heterocycles. The van der Waals surface area contributed by atoms with E-state index in [-0.39, 0.29) is 5.91 Å². The molecule has 0 atom stereocenters. The van der Waals surface area contributed by atoms with E-state index in [9.17, 15) is 4.79 Å². The second kappa shape index (κ2) is 11.2. The number of carbonyl (C=O) groups excluding carboxylic acids is 1. The van der Waals surface area contributed by atoms with Gasteiger partial charge < -0.3 is 20.1 Å². The molecule has 0 aliphatic carbocycles. The van der Waals surface area contributed by atoms with Gasteiger partial charge >= 0.3 is 0 Å². The lowest BCUT2D eigenvalue weighted by Crippen LogP contribution is -2.14. The van der Waals surface area contributed by atoms with Gasteiger partial charge in [-0.3, -0.25) is 4.79 Å². The van der Waals surface area contributed by atoms with E-state index in [4.69, 9.17) is 9.47 Å². The van der Waals surface area contributed by atoms with E-state index in [0.717, 1.165) is 39.4 Å². The van der Waals surface area contributed by atoms with E-state index >= 15 is 0 Å². The van der Waals surface area contributed by atoms with Crippen molar-refractivity contribution in [3.63, 3.8) is 0 Å². The van der Waals surface area contributed by atoms with Crippen LogP contribution >= 0.6 is 0 Å². The predicted octanol–water partition coefficient (Wildman–Crippen LogP) is 5.91. The predicted molar refractivity (Wildman–Crippen MR) is 136 cm³/mol. The number of amides is 1. The van der Waals surface area contributed by atoms with Crippen LogP contribution in [0, 0.1) is 0 Å². The van der Waals surface area contributed by atoms with Crippen LogP contribution in [-0.2, 0) is 13.1 Å². The zero-order valence-electron chi connectivity index (χ0n) is 19.4. The van der Waals surface area contributed by atoms with Crippen molar-refractivity contribution < 1.29 is 14.3 Å². The minimum absolute atomic E-state index is 0.127. The van der Waals surface area contributed by atoms with Crippen LogP contribution in [0.3, 0.4) is 0 Å². The Morgan fingerprint density at radius 1 is 0.676 bits per heavy atom. The van der Waals surface area contributed by atoms with Crippen molar-refractivity contribution in [2.45, 2.75) is 13.1 Å². The first-order valence-corrected chi connectivity index (χ1v) is 11.1. The van der Waals surface area contributed by atoms with Crippen molar-refractivity contribution in [1.82, 2.24) is 5.32 Å². The summed E-state index contributed by atoms with van der Waals surface area (Å²) < 4.78 is 10.6. The fourth-order valence-electron chi connectivity index (χ4n) is 3.67. The lowest BCUT2D eigenvalue weighted by atomic mass is 10.0. The second-order valence-electron chi connectivity index (χ2n) is 7.92.